The molecule has 3 N–H and O–H groups in total. The average molecular weight is 329 g/mol. The van der Waals surface area contributed by atoms with Gasteiger partial charge in [0.05, 0.1) is 5.69 Å². The van der Waals surface area contributed by atoms with E-state index in [0.717, 1.165) is 24.2 Å². The van der Waals surface area contributed by atoms with Crippen LogP contribution in [-0.4, -0.2) is 19.4 Å². The van der Waals surface area contributed by atoms with Crippen molar-refractivity contribution in [2.24, 2.45) is 16.7 Å². The molecule has 3 atom stereocenters. The van der Waals surface area contributed by atoms with Gasteiger partial charge in [-0.1, -0.05) is 32.1 Å². The van der Waals surface area contributed by atoms with Gasteiger partial charge in [-0.2, -0.15) is 0 Å². The molecule has 1 aromatic rings. The third-order valence-electron chi connectivity index (χ3n) is 5.56. The van der Waals surface area contributed by atoms with E-state index in [4.69, 9.17) is 5.73 Å². The Morgan fingerprint density at radius 3 is 2.52 bits per heavy atom. The lowest BCUT2D eigenvalue weighted by Crippen LogP contribution is -2.52. The summed E-state index contributed by atoms with van der Waals surface area (Å²) in [4.78, 5) is 4.03. The Bertz CT molecular complexity index is 676. The number of anilines is 1. The molecule has 3 unspecified atom stereocenters. The van der Waals surface area contributed by atoms with Crippen LogP contribution >= 0.6 is 11.3 Å². The van der Waals surface area contributed by atoms with Crippen molar-refractivity contribution in [2.45, 2.75) is 57.2 Å². The summed E-state index contributed by atoms with van der Waals surface area (Å²) in [5, 5.41) is 0.297. The quantitative estimate of drug-likeness (QED) is 0.892. The SMILES string of the molecule is Cc1nc(N)sc1S(=O)(=O)NC1C2(C)CCC(C2)C1(C)C. The summed E-state index contributed by atoms with van der Waals surface area (Å²) in [6, 6.07) is -0.0310. The first-order valence-corrected chi connectivity index (χ1v) is 9.61. The molecule has 2 aliphatic carbocycles. The molecule has 7 heteroatoms. The zero-order chi connectivity index (χ0) is 15.6. The van der Waals surface area contributed by atoms with Crippen LogP contribution in [-0.2, 0) is 10.0 Å². The Morgan fingerprint density at radius 1 is 1.38 bits per heavy atom. The standard InChI is InChI=1S/C14H23N3O2S2/c1-8-10(20-12(15)16-8)21(18,19)17-11-13(2,3)9-5-6-14(11,4)7-9/h9,11,17H,5-7H2,1-4H3,(H2,15,16). The van der Waals surface area contributed by atoms with Crippen molar-refractivity contribution in [1.29, 1.82) is 0 Å². The summed E-state index contributed by atoms with van der Waals surface area (Å²) >= 11 is 1.04. The van der Waals surface area contributed by atoms with Gasteiger partial charge in [-0.3, -0.25) is 0 Å². The number of fused-ring (bicyclic) bond motifs is 2. The van der Waals surface area contributed by atoms with Gasteiger partial charge in [0.2, 0.25) is 0 Å². The van der Waals surface area contributed by atoms with Crippen LogP contribution < -0.4 is 10.5 Å². The van der Waals surface area contributed by atoms with Crippen LogP contribution in [0.15, 0.2) is 4.21 Å². The summed E-state index contributed by atoms with van der Waals surface area (Å²) in [6.45, 7) is 8.27. The zero-order valence-corrected chi connectivity index (χ0v) is 14.6. The van der Waals surface area contributed by atoms with Crippen LogP contribution in [0.3, 0.4) is 0 Å². The maximum atomic E-state index is 12.7. The van der Waals surface area contributed by atoms with E-state index >= 15 is 0 Å². The maximum Gasteiger partial charge on any atom is 0.252 e. The van der Waals surface area contributed by atoms with Gasteiger partial charge in [0.15, 0.2) is 9.34 Å². The summed E-state index contributed by atoms with van der Waals surface area (Å²) < 4.78 is 28.7. The number of aryl methyl sites for hydroxylation is 1. The number of nitrogens with one attached hydrogen (secondary N) is 1. The van der Waals surface area contributed by atoms with Crippen LogP contribution in [0.5, 0.6) is 0 Å². The highest BCUT2D eigenvalue weighted by Crippen LogP contribution is 2.62. The molecule has 3 rings (SSSR count). The molecular formula is C14H23N3O2S2. The molecule has 0 saturated heterocycles. The van der Waals surface area contributed by atoms with E-state index in [0.29, 0.717) is 16.7 Å². The fraction of sp³-hybridized carbons (Fsp3) is 0.786. The normalized spacial score (nSPS) is 34.5. The Hall–Kier alpha value is -0.660. The van der Waals surface area contributed by atoms with Crippen molar-refractivity contribution in [2.75, 3.05) is 5.73 Å². The van der Waals surface area contributed by atoms with Crippen LogP contribution in [0.25, 0.3) is 0 Å². The predicted octanol–water partition coefficient (Wildman–Crippen LogP) is 2.53. The summed E-state index contributed by atoms with van der Waals surface area (Å²) in [5.41, 5.74) is 6.17. The van der Waals surface area contributed by atoms with Gasteiger partial charge in [0.1, 0.15) is 0 Å². The lowest BCUT2D eigenvalue weighted by molar-refractivity contribution is 0.127. The number of sulfonamides is 1. The average Bonchev–Trinajstić information content (AvgIpc) is 2.94. The van der Waals surface area contributed by atoms with Crippen molar-refractivity contribution in [3.63, 3.8) is 0 Å². The topological polar surface area (TPSA) is 85.1 Å². The molecule has 1 heterocycles. The van der Waals surface area contributed by atoms with Gasteiger partial charge in [0.25, 0.3) is 10.0 Å². The van der Waals surface area contributed by atoms with E-state index in [-0.39, 0.29) is 21.1 Å². The van der Waals surface area contributed by atoms with E-state index in [2.05, 4.69) is 30.5 Å². The molecule has 0 amide bonds. The number of rotatable bonds is 3. The second-order valence-corrected chi connectivity index (χ2v) is 10.3. The van der Waals surface area contributed by atoms with Gasteiger partial charge >= 0.3 is 0 Å². The fourth-order valence-corrected chi connectivity index (χ4v) is 7.30. The van der Waals surface area contributed by atoms with Gasteiger partial charge in [-0.25, -0.2) is 18.1 Å². The van der Waals surface area contributed by atoms with Crippen LogP contribution in [0.1, 0.15) is 45.7 Å². The minimum absolute atomic E-state index is 0.00971. The number of nitrogens with two attached hydrogens (primary N) is 1. The second-order valence-electron chi connectivity index (χ2n) is 7.39. The second kappa shape index (κ2) is 4.43. The van der Waals surface area contributed by atoms with Gasteiger partial charge in [-0.05, 0) is 42.9 Å². The third-order valence-corrected chi connectivity index (χ3v) is 8.58. The Balaban J connectivity index is 1.94. The first kappa shape index (κ1) is 15.2. The number of thiazole rings is 1. The molecule has 0 radical (unpaired) electrons. The van der Waals surface area contributed by atoms with Gasteiger partial charge in [0, 0.05) is 6.04 Å². The highest BCUT2D eigenvalue weighted by molar-refractivity contribution is 7.91. The Kier molecular flexibility index (Phi) is 3.21. The van der Waals surface area contributed by atoms with Crippen molar-refractivity contribution in [1.82, 2.24) is 9.71 Å². The van der Waals surface area contributed by atoms with E-state index in [1.54, 1.807) is 6.92 Å². The van der Waals surface area contributed by atoms with Gasteiger partial charge in [-0.15, -0.1) is 0 Å². The summed E-state index contributed by atoms with van der Waals surface area (Å²) in [5.74, 6) is 0.600. The number of aromatic nitrogens is 1. The van der Waals surface area contributed by atoms with E-state index in [1.807, 2.05) is 0 Å². The number of nitrogen functional groups attached to an aromatic ring is 1. The third kappa shape index (κ3) is 2.21. The number of hydrogen-bond donors (Lipinski definition) is 2. The molecule has 0 aromatic carbocycles. The fourth-order valence-electron chi connectivity index (χ4n) is 4.46. The highest BCUT2D eigenvalue weighted by Gasteiger charge is 2.60. The van der Waals surface area contributed by atoms with Crippen molar-refractivity contribution in [3.05, 3.63) is 5.69 Å². The molecule has 2 bridgehead atoms. The van der Waals surface area contributed by atoms with Crippen LogP contribution in [0.4, 0.5) is 5.13 Å². The van der Waals surface area contributed by atoms with Crippen molar-refractivity contribution in [3.8, 4) is 0 Å². The highest BCUT2D eigenvalue weighted by atomic mass is 32.2. The number of hydrogen-bond acceptors (Lipinski definition) is 5. The zero-order valence-electron chi connectivity index (χ0n) is 12.9. The number of nitrogens with zero attached hydrogens (tertiary/aromatic N) is 1. The van der Waals surface area contributed by atoms with Crippen LogP contribution in [0.2, 0.25) is 0 Å². The first-order chi connectivity index (χ1) is 9.56. The lowest BCUT2D eigenvalue weighted by Gasteiger charge is -2.42. The molecule has 2 saturated carbocycles. The minimum Gasteiger partial charge on any atom is -0.375 e. The predicted molar refractivity (Wildman–Crippen MR) is 84.6 cm³/mol. The molecule has 1 aromatic heterocycles. The molecule has 5 nitrogen and oxygen atoms in total. The summed E-state index contributed by atoms with van der Waals surface area (Å²) in [6.07, 6.45) is 3.41. The largest absolute Gasteiger partial charge is 0.375 e. The van der Waals surface area contributed by atoms with E-state index in [9.17, 15) is 8.42 Å². The van der Waals surface area contributed by atoms with Crippen molar-refractivity contribution >= 4 is 26.5 Å². The molecule has 0 aliphatic heterocycles. The minimum atomic E-state index is -3.56. The smallest absolute Gasteiger partial charge is 0.252 e. The molecule has 2 fully saturated rings. The molecule has 21 heavy (non-hydrogen) atoms. The molecule has 118 valence electrons. The summed E-state index contributed by atoms with van der Waals surface area (Å²) in [7, 11) is -3.56. The first-order valence-electron chi connectivity index (χ1n) is 7.31. The maximum absolute atomic E-state index is 12.7. The van der Waals surface area contributed by atoms with Crippen molar-refractivity contribution < 1.29 is 8.42 Å². The Morgan fingerprint density at radius 2 is 2.05 bits per heavy atom. The van der Waals surface area contributed by atoms with E-state index < -0.39 is 10.0 Å². The molecular weight excluding hydrogens is 306 g/mol. The monoisotopic (exact) mass is 329 g/mol. The molecule has 2 aliphatic rings. The van der Waals surface area contributed by atoms with Gasteiger partial charge < -0.3 is 5.73 Å². The molecule has 0 spiro atoms. The van der Waals surface area contributed by atoms with Crippen LogP contribution in [0, 0.1) is 23.7 Å². The lowest BCUT2D eigenvalue weighted by atomic mass is 9.69. The van der Waals surface area contributed by atoms with E-state index in [1.165, 1.54) is 6.42 Å². The Labute approximate surface area is 130 Å².